The normalized spacial score (nSPS) is 18.9. The van der Waals surface area contributed by atoms with Crippen molar-refractivity contribution in [1.29, 1.82) is 0 Å². The molecule has 4 rings (SSSR count). The molecule has 2 saturated heterocycles. The number of methoxy groups -OCH3 is 1. The van der Waals surface area contributed by atoms with Crippen LogP contribution in [0.25, 0.3) is 10.8 Å². The number of esters is 1. The lowest BCUT2D eigenvalue weighted by Crippen LogP contribution is -2.57. The smallest absolute Gasteiger partial charge is 0.410 e. The fourth-order valence-corrected chi connectivity index (χ4v) is 5.41. The molecule has 2 aromatic rings. The number of halogens is 2. The van der Waals surface area contributed by atoms with E-state index in [9.17, 15) is 14.4 Å². The number of piperazine rings is 1. The Bertz CT molecular complexity index is 1360. The van der Waals surface area contributed by atoms with Crippen LogP contribution < -0.4 is 4.90 Å². The number of carbonyl (C=O) groups is 3. The van der Waals surface area contributed by atoms with E-state index < -0.39 is 29.1 Å². The van der Waals surface area contributed by atoms with Gasteiger partial charge in [0.25, 0.3) is 0 Å². The maximum atomic E-state index is 15.8. The Labute approximate surface area is 243 Å². The second kappa shape index (κ2) is 11.1. The third kappa shape index (κ3) is 6.42. The maximum Gasteiger partial charge on any atom is 0.410 e. The lowest BCUT2D eigenvalue weighted by atomic mass is 10.0. The van der Waals surface area contributed by atoms with Crippen molar-refractivity contribution in [3.63, 3.8) is 0 Å². The summed E-state index contributed by atoms with van der Waals surface area (Å²) in [7, 11) is 2.67. The number of anilines is 1. The van der Waals surface area contributed by atoms with Crippen molar-refractivity contribution >= 4 is 46.3 Å². The van der Waals surface area contributed by atoms with Gasteiger partial charge in [0.05, 0.1) is 25.7 Å². The Morgan fingerprint density at radius 3 is 2.20 bits per heavy atom. The minimum atomic E-state index is -0.846. The third-order valence-electron chi connectivity index (χ3n) is 6.89. The molecule has 0 spiro atoms. The maximum absolute atomic E-state index is 15.8. The van der Waals surface area contributed by atoms with E-state index in [1.807, 2.05) is 25.7 Å². The van der Waals surface area contributed by atoms with E-state index in [-0.39, 0.29) is 46.5 Å². The molecule has 4 heterocycles. The molecule has 13 heteroatoms. The van der Waals surface area contributed by atoms with Crippen molar-refractivity contribution in [2.75, 3.05) is 32.1 Å². The number of hydrogen-bond acceptors (Lipinski definition) is 9. The SMILES string of the molecule is COC(=O)c1nc(N2CC3CCC(C2)N3C(=O)OC(C)(C)C)c2cnc(Cl)c(F)c2c1CN(C)C(=O)OC(C)(C)C. The number of fused-ring (bicyclic) bond motifs is 3. The average Bonchev–Trinajstić information content (AvgIpc) is 3.13. The van der Waals surface area contributed by atoms with Crippen molar-refractivity contribution in [3.05, 3.63) is 28.4 Å². The monoisotopic (exact) mass is 593 g/mol. The van der Waals surface area contributed by atoms with Crippen LogP contribution in [0.5, 0.6) is 0 Å². The van der Waals surface area contributed by atoms with Crippen LogP contribution in [-0.4, -0.2) is 88.5 Å². The first-order valence-corrected chi connectivity index (χ1v) is 13.8. The molecular formula is C28H37ClFN5O6. The molecule has 2 fully saturated rings. The molecule has 2 amide bonds. The Hall–Kier alpha value is -3.41. The molecule has 2 aliphatic heterocycles. The van der Waals surface area contributed by atoms with Crippen LogP contribution in [0.1, 0.15) is 70.4 Å². The summed E-state index contributed by atoms with van der Waals surface area (Å²) in [5.41, 5.74) is -1.44. The van der Waals surface area contributed by atoms with Crippen LogP contribution in [0.2, 0.25) is 5.15 Å². The summed E-state index contributed by atoms with van der Waals surface area (Å²) >= 11 is 6.11. The van der Waals surface area contributed by atoms with Gasteiger partial charge in [0.15, 0.2) is 16.7 Å². The van der Waals surface area contributed by atoms with Gasteiger partial charge in [-0.3, -0.25) is 4.90 Å². The van der Waals surface area contributed by atoms with E-state index in [1.165, 1.54) is 25.3 Å². The highest BCUT2D eigenvalue weighted by molar-refractivity contribution is 6.30. The summed E-state index contributed by atoms with van der Waals surface area (Å²) in [5, 5.41) is -0.0635. The standard InChI is InChI=1S/C28H37ClFN5O6/c1-27(2,3)40-25(37)33(7)14-18-19-17(11-31-22(29)20(19)30)23(32-21(18)24(36)39-8)34-12-15-9-10-16(13-34)35(15)26(38)41-28(4,5)6/h11,15-16H,9-10,12-14H2,1-8H3. The van der Waals surface area contributed by atoms with E-state index >= 15 is 4.39 Å². The van der Waals surface area contributed by atoms with E-state index in [2.05, 4.69) is 9.97 Å². The van der Waals surface area contributed by atoms with Crippen LogP contribution in [0.4, 0.5) is 19.8 Å². The quantitative estimate of drug-likeness (QED) is 0.269. The van der Waals surface area contributed by atoms with Crippen molar-refractivity contribution in [3.8, 4) is 0 Å². The van der Waals surface area contributed by atoms with Crippen LogP contribution in [0.15, 0.2) is 6.20 Å². The summed E-state index contributed by atoms with van der Waals surface area (Å²) in [6, 6.07) is -0.324. The Balaban J connectivity index is 1.79. The summed E-state index contributed by atoms with van der Waals surface area (Å²) in [6.07, 6.45) is 1.89. The zero-order chi connectivity index (χ0) is 30.4. The Morgan fingerprint density at radius 1 is 1.07 bits per heavy atom. The lowest BCUT2D eigenvalue weighted by Gasteiger charge is -2.42. The molecule has 0 radical (unpaired) electrons. The van der Waals surface area contributed by atoms with E-state index in [1.54, 1.807) is 25.7 Å². The van der Waals surface area contributed by atoms with Crippen LogP contribution >= 0.6 is 11.6 Å². The van der Waals surface area contributed by atoms with Gasteiger partial charge in [0, 0.05) is 42.7 Å². The van der Waals surface area contributed by atoms with Crippen molar-refractivity contribution in [2.24, 2.45) is 0 Å². The fraction of sp³-hybridized carbons (Fsp3) is 0.607. The molecule has 0 saturated carbocycles. The minimum Gasteiger partial charge on any atom is -0.464 e. The molecule has 11 nitrogen and oxygen atoms in total. The zero-order valence-electron chi connectivity index (χ0n) is 24.7. The second-order valence-electron chi connectivity index (χ2n) is 12.4. The summed E-state index contributed by atoms with van der Waals surface area (Å²) in [5.74, 6) is -1.34. The van der Waals surface area contributed by atoms with Crippen LogP contribution in [0.3, 0.4) is 0 Å². The van der Waals surface area contributed by atoms with Gasteiger partial charge in [0.2, 0.25) is 0 Å². The van der Waals surface area contributed by atoms with Gasteiger partial charge in [-0.2, -0.15) is 0 Å². The zero-order valence-corrected chi connectivity index (χ0v) is 25.5. The van der Waals surface area contributed by atoms with Gasteiger partial charge < -0.3 is 24.0 Å². The molecule has 0 aromatic carbocycles. The number of carbonyl (C=O) groups excluding carboxylic acids is 3. The predicted molar refractivity (Wildman–Crippen MR) is 151 cm³/mol. The molecule has 2 aromatic heterocycles. The molecule has 2 aliphatic rings. The summed E-state index contributed by atoms with van der Waals surface area (Å²) < 4.78 is 31.9. The summed E-state index contributed by atoms with van der Waals surface area (Å²) in [6.45, 7) is 11.2. The van der Waals surface area contributed by atoms with E-state index in [0.29, 0.717) is 24.3 Å². The van der Waals surface area contributed by atoms with Gasteiger partial charge in [-0.25, -0.2) is 28.7 Å². The highest BCUT2D eigenvalue weighted by atomic mass is 35.5. The molecule has 0 N–H and O–H groups in total. The van der Waals surface area contributed by atoms with Crippen molar-refractivity contribution < 1.29 is 33.0 Å². The molecule has 2 atom stereocenters. The summed E-state index contributed by atoms with van der Waals surface area (Å²) in [4.78, 5) is 52.4. The van der Waals surface area contributed by atoms with Crippen molar-refractivity contribution in [1.82, 2.24) is 19.8 Å². The molecule has 224 valence electrons. The molecule has 2 unspecified atom stereocenters. The first kappa shape index (κ1) is 30.5. The van der Waals surface area contributed by atoms with E-state index in [0.717, 1.165) is 12.8 Å². The highest BCUT2D eigenvalue weighted by Gasteiger charge is 2.45. The van der Waals surface area contributed by atoms with Gasteiger partial charge in [-0.15, -0.1) is 0 Å². The second-order valence-corrected chi connectivity index (χ2v) is 12.8. The molecular weight excluding hydrogens is 557 g/mol. The number of aromatic nitrogens is 2. The number of hydrogen-bond donors (Lipinski definition) is 0. The van der Waals surface area contributed by atoms with Gasteiger partial charge >= 0.3 is 18.2 Å². The van der Waals surface area contributed by atoms with Crippen LogP contribution in [-0.2, 0) is 20.8 Å². The number of pyridine rings is 2. The number of amides is 2. The number of nitrogens with zero attached hydrogens (tertiary/aromatic N) is 5. The number of ether oxygens (including phenoxy) is 3. The van der Waals surface area contributed by atoms with Crippen molar-refractivity contribution in [2.45, 2.75) is 84.2 Å². The van der Waals surface area contributed by atoms with Crippen LogP contribution in [0, 0.1) is 5.82 Å². The third-order valence-corrected chi connectivity index (χ3v) is 7.15. The topological polar surface area (TPSA) is 114 Å². The number of rotatable bonds is 4. The minimum absolute atomic E-state index is 0.00716. The van der Waals surface area contributed by atoms with Gasteiger partial charge in [-0.1, -0.05) is 11.6 Å². The molecule has 2 bridgehead atoms. The Kier molecular flexibility index (Phi) is 8.28. The highest BCUT2D eigenvalue weighted by Crippen LogP contribution is 2.39. The van der Waals surface area contributed by atoms with E-state index in [4.69, 9.17) is 25.8 Å². The van der Waals surface area contributed by atoms with Gasteiger partial charge in [0.1, 0.15) is 17.0 Å². The first-order valence-electron chi connectivity index (χ1n) is 13.5. The first-order chi connectivity index (χ1) is 19.0. The van der Waals surface area contributed by atoms with Gasteiger partial charge in [-0.05, 0) is 54.4 Å². The Morgan fingerprint density at radius 2 is 1.66 bits per heavy atom. The molecule has 41 heavy (non-hydrogen) atoms. The molecule has 0 aliphatic carbocycles. The average molecular weight is 594 g/mol. The lowest BCUT2D eigenvalue weighted by molar-refractivity contribution is 0.0122. The fourth-order valence-electron chi connectivity index (χ4n) is 5.27. The predicted octanol–water partition coefficient (Wildman–Crippen LogP) is 5.16. The largest absolute Gasteiger partial charge is 0.464 e.